The summed E-state index contributed by atoms with van der Waals surface area (Å²) in [5, 5.41) is 3.12. The van der Waals surface area contributed by atoms with Crippen molar-refractivity contribution in [3.05, 3.63) is 23.3 Å². The Hall–Kier alpha value is -1.51. The lowest BCUT2D eigenvalue weighted by Gasteiger charge is -2.12. The molecule has 0 bridgehead atoms. The number of hydrogen-bond acceptors (Lipinski definition) is 5. The first-order valence-corrected chi connectivity index (χ1v) is 8.92. The molecule has 0 saturated heterocycles. The van der Waals surface area contributed by atoms with E-state index in [0.29, 0.717) is 5.13 Å². The van der Waals surface area contributed by atoms with Crippen LogP contribution in [-0.2, 0) is 14.8 Å². The summed E-state index contributed by atoms with van der Waals surface area (Å²) in [6.07, 6.45) is 1.06. The third kappa shape index (κ3) is 3.78. The summed E-state index contributed by atoms with van der Waals surface area (Å²) in [4.78, 5) is 16.2. The molecule has 0 radical (unpaired) electrons. The average Bonchev–Trinajstić information content (AvgIpc) is 2.69. The van der Waals surface area contributed by atoms with Gasteiger partial charge in [-0.3, -0.25) is 4.79 Å². The number of rotatable bonds is 4. The van der Waals surface area contributed by atoms with Crippen molar-refractivity contribution in [2.24, 2.45) is 0 Å². The van der Waals surface area contributed by atoms with E-state index in [4.69, 9.17) is 0 Å². The molecular formula is C13H17N3O3S2. The maximum atomic E-state index is 11.8. The zero-order valence-corrected chi connectivity index (χ0v) is 13.9. The Bertz CT molecular complexity index is 796. The number of hydrogen-bond donors (Lipinski definition) is 1. The van der Waals surface area contributed by atoms with Crippen molar-refractivity contribution in [2.45, 2.75) is 13.8 Å². The number of likely N-dealkylation sites (N-methyl/N-ethyl adjacent to an activating group) is 1. The predicted molar refractivity (Wildman–Crippen MR) is 85.2 cm³/mol. The van der Waals surface area contributed by atoms with Crippen LogP contribution in [0.25, 0.3) is 10.2 Å². The van der Waals surface area contributed by atoms with E-state index in [1.807, 2.05) is 19.9 Å². The van der Waals surface area contributed by atoms with Gasteiger partial charge >= 0.3 is 0 Å². The van der Waals surface area contributed by atoms with E-state index in [1.54, 1.807) is 0 Å². The maximum absolute atomic E-state index is 11.8. The van der Waals surface area contributed by atoms with Crippen LogP contribution < -0.4 is 5.32 Å². The van der Waals surface area contributed by atoms with Gasteiger partial charge in [0.15, 0.2) is 5.13 Å². The van der Waals surface area contributed by atoms with Gasteiger partial charge in [-0.2, -0.15) is 4.31 Å². The van der Waals surface area contributed by atoms with E-state index < -0.39 is 15.9 Å². The van der Waals surface area contributed by atoms with Crippen molar-refractivity contribution in [2.75, 3.05) is 25.2 Å². The van der Waals surface area contributed by atoms with Crippen LogP contribution in [0.15, 0.2) is 12.1 Å². The minimum Gasteiger partial charge on any atom is -0.301 e. The molecule has 2 rings (SSSR count). The maximum Gasteiger partial charge on any atom is 0.241 e. The van der Waals surface area contributed by atoms with E-state index in [9.17, 15) is 13.2 Å². The second-order valence-electron chi connectivity index (χ2n) is 5.02. The Morgan fingerprint density at radius 1 is 1.38 bits per heavy atom. The SMILES string of the molecule is Cc1cc(C)c2sc(NC(=O)CN(C)S(C)(=O)=O)nc2c1. The van der Waals surface area contributed by atoms with Crippen LogP contribution in [0.4, 0.5) is 5.13 Å². The molecule has 1 amide bonds. The molecular weight excluding hydrogens is 310 g/mol. The first-order chi connectivity index (χ1) is 9.66. The van der Waals surface area contributed by atoms with Crippen LogP contribution >= 0.6 is 11.3 Å². The van der Waals surface area contributed by atoms with E-state index in [2.05, 4.69) is 16.4 Å². The zero-order valence-electron chi connectivity index (χ0n) is 12.3. The fourth-order valence-corrected chi connectivity index (χ4v) is 3.19. The van der Waals surface area contributed by atoms with Gasteiger partial charge in [-0.15, -0.1) is 0 Å². The van der Waals surface area contributed by atoms with Gasteiger partial charge < -0.3 is 5.32 Å². The number of aromatic nitrogens is 1. The van der Waals surface area contributed by atoms with Crippen molar-refractivity contribution >= 4 is 42.6 Å². The van der Waals surface area contributed by atoms with Crippen molar-refractivity contribution in [3.8, 4) is 0 Å². The number of benzene rings is 1. The lowest BCUT2D eigenvalue weighted by molar-refractivity contribution is -0.116. The topological polar surface area (TPSA) is 79.4 Å². The number of amides is 1. The predicted octanol–water partition coefficient (Wildman–Crippen LogP) is 1.74. The summed E-state index contributed by atoms with van der Waals surface area (Å²) < 4.78 is 24.6. The van der Waals surface area contributed by atoms with Crippen LogP contribution in [0.2, 0.25) is 0 Å². The number of thiazole rings is 1. The quantitative estimate of drug-likeness (QED) is 0.928. The summed E-state index contributed by atoms with van der Waals surface area (Å²) in [7, 11) is -2.01. The molecule has 0 aliphatic heterocycles. The molecule has 114 valence electrons. The monoisotopic (exact) mass is 327 g/mol. The summed E-state index contributed by atoms with van der Waals surface area (Å²) in [6, 6.07) is 4.01. The van der Waals surface area contributed by atoms with Gasteiger partial charge in [0, 0.05) is 7.05 Å². The van der Waals surface area contributed by atoms with Gasteiger partial charge in [-0.1, -0.05) is 17.4 Å². The summed E-state index contributed by atoms with van der Waals surface area (Å²) in [5.74, 6) is -0.406. The van der Waals surface area contributed by atoms with Gasteiger partial charge in [-0.05, 0) is 31.0 Å². The fourth-order valence-electron chi connectivity index (χ4n) is 1.91. The Kier molecular flexibility index (Phi) is 4.31. The summed E-state index contributed by atoms with van der Waals surface area (Å²) in [6.45, 7) is 3.76. The molecule has 2 aromatic rings. The fraction of sp³-hybridized carbons (Fsp3) is 0.385. The number of carbonyl (C=O) groups excluding carboxylic acids is 1. The summed E-state index contributed by atoms with van der Waals surface area (Å²) in [5.41, 5.74) is 3.06. The Morgan fingerprint density at radius 3 is 2.67 bits per heavy atom. The highest BCUT2D eigenvalue weighted by atomic mass is 32.2. The van der Waals surface area contributed by atoms with Crippen molar-refractivity contribution < 1.29 is 13.2 Å². The largest absolute Gasteiger partial charge is 0.301 e. The van der Waals surface area contributed by atoms with Gasteiger partial charge in [0.2, 0.25) is 15.9 Å². The second-order valence-corrected chi connectivity index (χ2v) is 8.10. The third-order valence-electron chi connectivity index (χ3n) is 3.00. The highest BCUT2D eigenvalue weighted by molar-refractivity contribution is 7.88. The molecule has 0 fully saturated rings. The number of nitrogens with zero attached hydrogens (tertiary/aromatic N) is 2. The average molecular weight is 327 g/mol. The molecule has 1 N–H and O–H groups in total. The van der Waals surface area contributed by atoms with Crippen LogP contribution in [0.5, 0.6) is 0 Å². The van der Waals surface area contributed by atoms with E-state index in [-0.39, 0.29) is 6.54 Å². The minimum absolute atomic E-state index is 0.229. The normalized spacial score (nSPS) is 12.0. The molecule has 6 nitrogen and oxygen atoms in total. The molecule has 1 heterocycles. The molecule has 0 aliphatic rings. The van der Waals surface area contributed by atoms with Crippen molar-refractivity contribution in [1.29, 1.82) is 0 Å². The van der Waals surface area contributed by atoms with Gasteiger partial charge in [0.05, 0.1) is 23.0 Å². The highest BCUT2D eigenvalue weighted by Crippen LogP contribution is 2.29. The number of anilines is 1. The van der Waals surface area contributed by atoms with Gasteiger partial charge in [0.25, 0.3) is 0 Å². The Balaban J connectivity index is 2.17. The number of sulfonamides is 1. The number of fused-ring (bicyclic) bond motifs is 1. The second kappa shape index (κ2) is 5.70. The Labute approximate surface area is 127 Å². The standard InChI is InChI=1S/C13H17N3O3S2/c1-8-5-9(2)12-10(6-8)14-13(20-12)15-11(17)7-16(3)21(4,18)19/h5-6H,7H2,1-4H3,(H,14,15,17). The molecule has 0 unspecified atom stereocenters. The molecule has 0 atom stereocenters. The molecule has 21 heavy (non-hydrogen) atoms. The number of carbonyl (C=O) groups is 1. The van der Waals surface area contributed by atoms with Gasteiger partial charge in [-0.25, -0.2) is 13.4 Å². The van der Waals surface area contributed by atoms with Crippen molar-refractivity contribution in [3.63, 3.8) is 0 Å². The first-order valence-electron chi connectivity index (χ1n) is 6.26. The van der Waals surface area contributed by atoms with E-state index >= 15 is 0 Å². The first kappa shape index (κ1) is 15.9. The lowest BCUT2D eigenvalue weighted by Crippen LogP contribution is -2.34. The van der Waals surface area contributed by atoms with E-state index in [0.717, 1.165) is 31.9 Å². The third-order valence-corrected chi connectivity index (χ3v) is 5.38. The van der Waals surface area contributed by atoms with E-state index in [1.165, 1.54) is 18.4 Å². The molecule has 0 saturated carbocycles. The van der Waals surface area contributed by atoms with Crippen LogP contribution in [0.1, 0.15) is 11.1 Å². The molecule has 8 heteroatoms. The molecule has 1 aromatic heterocycles. The lowest BCUT2D eigenvalue weighted by atomic mass is 10.1. The smallest absolute Gasteiger partial charge is 0.241 e. The van der Waals surface area contributed by atoms with Crippen LogP contribution in [-0.4, -0.2) is 43.5 Å². The summed E-state index contributed by atoms with van der Waals surface area (Å²) >= 11 is 1.38. The number of aryl methyl sites for hydroxylation is 2. The minimum atomic E-state index is -3.37. The molecule has 0 aliphatic carbocycles. The Morgan fingerprint density at radius 2 is 2.05 bits per heavy atom. The van der Waals surface area contributed by atoms with Crippen molar-refractivity contribution in [1.82, 2.24) is 9.29 Å². The van der Waals surface area contributed by atoms with Crippen LogP contribution in [0.3, 0.4) is 0 Å². The zero-order chi connectivity index (χ0) is 15.8. The van der Waals surface area contributed by atoms with Gasteiger partial charge in [0.1, 0.15) is 0 Å². The molecule has 1 aromatic carbocycles. The molecule has 0 spiro atoms. The van der Waals surface area contributed by atoms with Crippen LogP contribution in [0, 0.1) is 13.8 Å². The number of nitrogens with one attached hydrogen (secondary N) is 1. The highest BCUT2D eigenvalue weighted by Gasteiger charge is 2.16.